The highest BCUT2D eigenvalue weighted by Crippen LogP contribution is 2.44. The minimum Gasteiger partial charge on any atom is -0.479 e. The van der Waals surface area contributed by atoms with E-state index in [9.17, 15) is 19.5 Å². The number of carboxylic acids is 1. The van der Waals surface area contributed by atoms with Crippen molar-refractivity contribution in [3.63, 3.8) is 0 Å². The van der Waals surface area contributed by atoms with Crippen molar-refractivity contribution in [3.8, 4) is 0 Å². The van der Waals surface area contributed by atoms with E-state index in [0.717, 1.165) is 0 Å². The maximum Gasteiger partial charge on any atom is 0.330 e. The molecule has 3 atom stereocenters. The number of hydrogen-bond donors (Lipinski definition) is 1. The van der Waals surface area contributed by atoms with Gasteiger partial charge in [-0.1, -0.05) is 36.9 Å². The van der Waals surface area contributed by atoms with Gasteiger partial charge in [0, 0.05) is 11.3 Å². The average Bonchev–Trinajstić information content (AvgIpc) is 2.48. The summed E-state index contributed by atoms with van der Waals surface area (Å²) in [6.45, 7) is 3.72. The SMILES string of the molecule is C=C1CS[C@@H]2C(C(=O)c3ccccc3)C(=O)N2C1C(=O)O. The van der Waals surface area contributed by atoms with Crippen LogP contribution in [0.2, 0.25) is 0 Å². The molecule has 3 rings (SSSR count). The first-order valence-corrected chi connectivity index (χ1v) is 7.50. The van der Waals surface area contributed by atoms with Crippen LogP contribution in [0.4, 0.5) is 0 Å². The summed E-state index contributed by atoms with van der Waals surface area (Å²) in [6, 6.07) is 7.60. The molecule has 6 heteroatoms. The molecule has 21 heavy (non-hydrogen) atoms. The fraction of sp³-hybridized carbons (Fsp3) is 0.267. The van der Waals surface area contributed by atoms with Gasteiger partial charge in [0.25, 0.3) is 0 Å². The first-order valence-electron chi connectivity index (χ1n) is 6.46. The van der Waals surface area contributed by atoms with E-state index in [4.69, 9.17) is 0 Å². The molecule has 0 radical (unpaired) electrons. The summed E-state index contributed by atoms with van der Waals surface area (Å²) in [4.78, 5) is 37.2. The molecule has 0 aromatic heterocycles. The van der Waals surface area contributed by atoms with Crippen molar-refractivity contribution in [2.45, 2.75) is 11.4 Å². The highest BCUT2D eigenvalue weighted by molar-refractivity contribution is 8.00. The summed E-state index contributed by atoms with van der Waals surface area (Å²) >= 11 is 1.40. The van der Waals surface area contributed by atoms with Gasteiger partial charge in [-0.2, -0.15) is 0 Å². The number of nitrogens with zero attached hydrogens (tertiary/aromatic N) is 1. The standard InChI is InChI=1S/C15H13NO4S/c1-8-7-21-14-10(12(17)9-5-3-2-4-6-9)13(18)16(14)11(8)15(19)20/h2-6,10-11,14H,1,7H2,(H,19,20)/t10?,11?,14-/m1/s1. The average molecular weight is 303 g/mol. The molecule has 1 amide bonds. The number of benzene rings is 1. The van der Waals surface area contributed by atoms with Crippen LogP contribution in [0.25, 0.3) is 0 Å². The van der Waals surface area contributed by atoms with Crippen LogP contribution < -0.4 is 0 Å². The molecule has 2 heterocycles. The molecule has 0 saturated carbocycles. The zero-order valence-corrected chi connectivity index (χ0v) is 11.9. The third-order valence-electron chi connectivity index (χ3n) is 3.76. The molecule has 108 valence electrons. The van der Waals surface area contributed by atoms with Gasteiger partial charge in [-0.15, -0.1) is 11.8 Å². The summed E-state index contributed by atoms with van der Waals surface area (Å²) in [5.74, 6) is -2.10. The van der Waals surface area contributed by atoms with E-state index in [1.165, 1.54) is 16.7 Å². The fourth-order valence-corrected chi connectivity index (χ4v) is 4.08. The predicted molar refractivity (Wildman–Crippen MR) is 77.9 cm³/mol. The van der Waals surface area contributed by atoms with Crippen LogP contribution >= 0.6 is 11.8 Å². The molecule has 0 bridgehead atoms. The smallest absolute Gasteiger partial charge is 0.330 e. The number of hydrogen-bond acceptors (Lipinski definition) is 4. The molecule has 0 aliphatic carbocycles. The van der Waals surface area contributed by atoms with Gasteiger partial charge in [-0.3, -0.25) is 9.59 Å². The normalized spacial score (nSPS) is 27.8. The minimum atomic E-state index is -1.09. The molecular weight excluding hydrogens is 290 g/mol. The van der Waals surface area contributed by atoms with Crippen molar-refractivity contribution in [1.82, 2.24) is 4.90 Å². The fourth-order valence-electron chi connectivity index (χ4n) is 2.72. The second kappa shape index (κ2) is 5.04. The van der Waals surface area contributed by atoms with Crippen molar-refractivity contribution in [3.05, 3.63) is 48.0 Å². The number of Topliss-reactive ketones (excluding diaryl/α,β-unsaturated/α-hetero) is 1. The Hall–Kier alpha value is -2.08. The first kappa shape index (κ1) is 13.9. The van der Waals surface area contributed by atoms with Gasteiger partial charge in [0.2, 0.25) is 5.91 Å². The zero-order valence-electron chi connectivity index (χ0n) is 11.1. The van der Waals surface area contributed by atoms with Crippen LogP contribution in [0.15, 0.2) is 42.5 Å². The number of carbonyl (C=O) groups is 3. The summed E-state index contributed by atoms with van der Waals surface area (Å²) in [5.41, 5.74) is 0.968. The number of amides is 1. The van der Waals surface area contributed by atoms with E-state index in [1.807, 2.05) is 0 Å². The Morgan fingerprint density at radius 3 is 2.57 bits per heavy atom. The van der Waals surface area contributed by atoms with Crippen molar-refractivity contribution in [1.29, 1.82) is 0 Å². The number of thioether (sulfide) groups is 1. The minimum absolute atomic E-state index is 0.244. The van der Waals surface area contributed by atoms with E-state index in [2.05, 4.69) is 6.58 Å². The highest BCUT2D eigenvalue weighted by Gasteiger charge is 2.58. The molecule has 1 N–H and O–H groups in total. The molecule has 2 unspecified atom stereocenters. The van der Waals surface area contributed by atoms with Crippen LogP contribution in [0.5, 0.6) is 0 Å². The molecule has 1 aromatic rings. The van der Waals surface area contributed by atoms with Gasteiger partial charge in [-0.25, -0.2) is 4.79 Å². The zero-order chi connectivity index (χ0) is 15.1. The summed E-state index contributed by atoms with van der Waals surface area (Å²) in [6.07, 6.45) is 0. The van der Waals surface area contributed by atoms with Crippen molar-refractivity contribution in [2.24, 2.45) is 5.92 Å². The van der Waals surface area contributed by atoms with E-state index >= 15 is 0 Å². The Morgan fingerprint density at radius 2 is 1.95 bits per heavy atom. The van der Waals surface area contributed by atoms with Gasteiger partial charge >= 0.3 is 5.97 Å². The van der Waals surface area contributed by atoms with Gasteiger partial charge in [-0.05, 0) is 5.57 Å². The summed E-state index contributed by atoms with van der Waals surface area (Å²) in [7, 11) is 0. The lowest BCUT2D eigenvalue weighted by Gasteiger charge is -2.51. The predicted octanol–water partition coefficient (Wildman–Crippen LogP) is 1.41. The second-order valence-electron chi connectivity index (χ2n) is 5.05. The lowest BCUT2D eigenvalue weighted by atomic mass is 9.86. The van der Waals surface area contributed by atoms with Crippen LogP contribution in [-0.4, -0.2) is 44.8 Å². The molecule has 2 saturated heterocycles. The second-order valence-corrected chi connectivity index (χ2v) is 6.16. The number of carbonyl (C=O) groups excluding carboxylic acids is 2. The van der Waals surface area contributed by atoms with Crippen molar-refractivity contribution in [2.75, 3.05) is 5.75 Å². The summed E-state index contributed by atoms with van der Waals surface area (Å²) < 4.78 is 0. The van der Waals surface area contributed by atoms with Crippen LogP contribution in [-0.2, 0) is 9.59 Å². The Kier molecular flexibility index (Phi) is 3.33. The highest BCUT2D eigenvalue weighted by atomic mass is 32.2. The molecule has 2 aliphatic heterocycles. The topological polar surface area (TPSA) is 74.7 Å². The van der Waals surface area contributed by atoms with E-state index in [0.29, 0.717) is 16.9 Å². The molecule has 2 aliphatic rings. The number of β-lactam (4-membered cyclic amide) rings is 1. The Balaban J connectivity index is 1.86. The van der Waals surface area contributed by atoms with E-state index in [1.54, 1.807) is 30.3 Å². The third kappa shape index (κ3) is 2.06. The van der Waals surface area contributed by atoms with E-state index < -0.39 is 29.2 Å². The van der Waals surface area contributed by atoms with Gasteiger partial charge in [0.15, 0.2) is 11.8 Å². The molecule has 1 aromatic carbocycles. The molecule has 5 nitrogen and oxygen atoms in total. The van der Waals surface area contributed by atoms with E-state index in [-0.39, 0.29) is 5.78 Å². The van der Waals surface area contributed by atoms with Crippen LogP contribution in [0.1, 0.15) is 10.4 Å². The number of ketones is 1. The lowest BCUT2D eigenvalue weighted by Crippen LogP contribution is -2.69. The lowest BCUT2D eigenvalue weighted by molar-refractivity contribution is -0.160. The number of fused-ring (bicyclic) bond motifs is 1. The first-order chi connectivity index (χ1) is 10.0. The maximum absolute atomic E-state index is 12.4. The Morgan fingerprint density at radius 1 is 1.29 bits per heavy atom. The monoisotopic (exact) mass is 303 g/mol. The van der Waals surface area contributed by atoms with Gasteiger partial charge < -0.3 is 10.0 Å². The Bertz CT molecular complexity index is 642. The van der Waals surface area contributed by atoms with Crippen LogP contribution in [0.3, 0.4) is 0 Å². The number of aliphatic carboxylic acids is 1. The van der Waals surface area contributed by atoms with Gasteiger partial charge in [0.1, 0.15) is 5.92 Å². The maximum atomic E-state index is 12.4. The largest absolute Gasteiger partial charge is 0.479 e. The molecule has 0 spiro atoms. The Labute approximate surface area is 125 Å². The number of carboxylic acid groups (broad SMARTS) is 1. The van der Waals surface area contributed by atoms with Crippen LogP contribution in [0, 0.1) is 5.92 Å². The van der Waals surface area contributed by atoms with Crippen molar-refractivity contribution >= 4 is 29.4 Å². The quantitative estimate of drug-likeness (QED) is 0.395. The summed E-state index contributed by atoms with van der Waals surface area (Å²) in [5, 5.41) is 8.84. The van der Waals surface area contributed by atoms with Gasteiger partial charge in [0.05, 0.1) is 5.37 Å². The molecule has 2 fully saturated rings. The third-order valence-corrected chi connectivity index (χ3v) is 5.14. The molecular formula is C15H13NO4S. The number of rotatable bonds is 3. The van der Waals surface area contributed by atoms with Crippen molar-refractivity contribution < 1.29 is 19.5 Å².